The number of nitrogens with one attached hydrogen (secondary N) is 1. The molecule has 0 saturated heterocycles. The number of carbonyl (C=O) groups excluding carboxylic acids is 2. The number of ether oxygens (including phenoxy) is 1. The second kappa shape index (κ2) is 16.2. The summed E-state index contributed by atoms with van der Waals surface area (Å²) in [6.45, 7) is 9.27. The van der Waals surface area contributed by atoms with Crippen molar-refractivity contribution in [2.45, 2.75) is 69.0 Å². The van der Waals surface area contributed by atoms with Crippen LogP contribution in [0.15, 0.2) is 113 Å². The first-order valence-electron chi connectivity index (χ1n) is 15.9. The molecule has 1 atom stereocenters. The molecule has 48 heavy (non-hydrogen) atoms. The summed E-state index contributed by atoms with van der Waals surface area (Å²) in [6.07, 6.45) is 2.15. The third kappa shape index (κ3) is 9.41. The maximum Gasteiger partial charge on any atom is 0.264 e. The molecule has 0 aromatic heterocycles. The van der Waals surface area contributed by atoms with Gasteiger partial charge >= 0.3 is 0 Å². The maximum absolute atomic E-state index is 14.8. The van der Waals surface area contributed by atoms with Crippen molar-refractivity contribution in [3.8, 4) is 5.75 Å². The number of hydrogen-bond acceptors (Lipinski definition) is 6. The highest BCUT2D eigenvalue weighted by Gasteiger charge is 2.36. The second-order valence-electron chi connectivity index (χ2n) is 12.5. The van der Waals surface area contributed by atoms with Crippen LogP contribution in [0.2, 0.25) is 0 Å². The van der Waals surface area contributed by atoms with Crippen LogP contribution in [-0.2, 0) is 32.6 Å². The number of anilines is 1. The highest BCUT2D eigenvalue weighted by Crippen LogP contribution is 2.33. The van der Waals surface area contributed by atoms with Crippen molar-refractivity contribution in [3.05, 3.63) is 120 Å². The van der Waals surface area contributed by atoms with Crippen LogP contribution in [0.3, 0.4) is 0 Å². The summed E-state index contributed by atoms with van der Waals surface area (Å²) in [4.78, 5) is 31.3. The van der Waals surface area contributed by atoms with Gasteiger partial charge in [-0.05, 0) is 94.0 Å². The number of sulfonamides is 1. The molecule has 254 valence electrons. The van der Waals surface area contributed by atoms with E-state index in [2.05, 4.69) is 5.32 Å². The number of nitrogens with zero attached hydrogens (tertiary/aromatic N) is 2. The Labute approximate surface area is 289 Å². The van der Waals surface area contributed by atoms with E-state index in [4.69, 9.17) is 4.74 Å². The van der Waals surface area contributed by atoms with Crippen LogP contribution < -0.4 is 14.4 Å². The summed E-state index contributed by atoms with van der Waals surface area (Å²) in [5, 5.41) is 3.07. The van der Waals surface area contributed by atoms with Crippen molar-refractivity contribution in [1.29, 1.82) is 0 Å². The number of benzene rings is 4. The molecule has 4 rings (SSSR count). The van der Waals surface area contributed by atoms with Crippen molar-refractivity contribution in [2.75, 3.05) is 23.7 Å². The molecule has 8 nitrogen and oxygen atoms in total. The SMILES string of the molecule is CCOc1ccccc1N(CC(=O)N(Cc1ccccc1C)C(Cc1ccccc1)C(=O)NC(C)(C)C)S(=O)(=O)c1ccc(SC)cc1. The van der Waals surface area contributed by atoms with Gasteiger partial charge < -0.3 is 15.0 Å². The van der Waals surface area contributed by atoms with E-state index >= 15 is 0 Å². The molecule has 1 unspecified atom stereocenters. The van der Waals surface area contributed by atoms with Crippen LogP contribution in [0.5, 0.6) is 5.75 Å². The Morgan fingerprint density at radius 2 is 1.50 bits per heavy atom. The first-order valence-corrected chi connectivity index (χ1v) is 18.6. The number of rotatable bonds is 14. The van der Waals surface area contributed by atoms with E-state index in [1.54, 1.807) is 48.5 Å². The molecule has 2 amide bonds. The van der Waals surface area contributed by atoms with Crippen LogP contribution in [0, 0.1) is 6.92 Å². The van der Waals surface area contributed by atoms with E-state index < -0.39 is 34.1 Å². The average molecular weight is 688 g/mol. The van der Waals surface area contributed by atoms with Gasteiger partial charge in [-0.1, -0.05) is 66.7 Å². The van der Waals surface area contributed by atoms with E-state index in [1.807, 2.05) is 95.5 Å². The van der Waals surface area contributed by atoms with Crippen LogP contribution in [-0.4, -0.2) is 56.1 Å². The molecule has 0 aliphatic rings. The fourth-order valence-electron chi connectivity index (χ4n) is 5.31. The summed E-state index contributed by atoms with van der Waals surface area (Å²) < 4.78 is 35.9. The number of thioether (sulfide) groups is 1. The van der Waals surface area contributed by atoms with Gasteiger partial charge in [-0.25, -0.2) is 8.42 Å². The molecule has 4 aromatic carbocycles. The van der Waals surface area contributed by atoms with Crippen molar-refractivity contribution in [3.63, 3.8) is 0 Å². The highest BCUT2D eigenvalue weighted by atomic mass is 32.2. The fraction of sp³-hybridized carbons (Fsp3) is 0.316. The Morgan fingerprint density at radius 1 is 0.875 bits per heavy atom. The number of amides is 2. The van der Waals surface area contributed by atoms with E-state index in [9.17, 15) is 18.0 Å². The number of hydrogen-bond donors (Lipinski definition) is 1. The topological polar surface area (TPSA) is 96.0 Å². The molecule has 0 spiro atoms. The number of carbonyl (C=O) groups is 2. The summed E-state index contributed by atoms with van der Waals surface area (Å²) >= 11 is 1.50. The zero-order chi connectivity index (χ0) is 34.9. The van der Waals surface area contributed by atoms with E-state index in [-0.39, 0.29) is 29.5 Å². The predicted octanol–water partition coefficient (Wildman–Crippen LogP) is 6.87. The third-order valence-electron chi connectivity index (χ3n) is 7.73. The molecule has 0 aliphatic carbocycles. The van der Waals surface area contributed by atoms with Gasteiger partial charge in [0.15, 0.2) is 0 Å². The Hall–Kier alpha value is -4.28. The van der Waals surface area contributed by atoms with Gasteiger partial charge in [0.1, 0.15) is 18.3 Å². The minimum Gasteiger partial charge on any atom is -0.492 e. The minimum absolute atomic E-state index is 0.0381. The van der Waals surface area contributed by atoms with Crippen LogP contribution in [0.4, 0.5) is 5.69 Å². The van der Waals surface area contributed by atoms with Crippen LogP contribution >= 0.6 is 11.8 Å². The number of aryl methyl sites for hydroxylation is 1. The Morgan fingerprint density at radius 3 is 2.12 bits per heavy atom. The normalized spacial score (nSPS) is 12.2. The van der Waals surface area contributed by atoms with E-state index in [1.165, 1.54) is 16.7 Å². The van der Waals surface area contributed by atoms with Gasteiger partial charge in [-0.2, -0.15) is 0 Å². The van der Waals surface area contributed by atoms with Crippen molar-refractivity contribution in [1.82, 2.24) is 10.2 Å². The summed E-state index contributed by atoms with van der Waals surface area (Å²) in [7, 11) is -4.27. The Bertz CT molecular complexity index is 1790. The molecule has 0 aliphatic heterocycles. The quantitative estimate of drug-likeness (QED) is 0.146. The molecule has 0 heterocycles. The zero-order valence-corrected chi connectivity index (χ0v) is 30.1. The monoisotopic (exact) mass is 687 g/mol. The molecule has 0 fully saturated rings. The lowest BCUT2D eigenvalue weighted by atomic mass is 10.00. The summed E-state index contributed by atoms with van der Waals surface area (Å²) in [6, 6.07) is 29.6. The Kier molecular flexibility index (Phi) is 12.3. The van der Waals surface area contributed by atoms with Crippen molar-refractivity contribution in [2.24, 2.45) is 0 Å². The molecule has 0 radical (unpaired) electrons. The molecule has 0 saturated carbocycles. The molecule has 1 N–H and O–H groups in total. The van der Waals surface area contributed by atoms with Gasteiger partial charge in [0.2, 0.25) is 11.8 Å². The maximum atomic E-state index is 14.8. The lowest BCUT2D eigenvalue weighted by molar-refractivity contribution is -0.140. The summed E-state index contributed by atoms with van der Waals surface area (Å²) in [5.74, 6) is -0.530. The highest BCUT2D eigenvalue weighted by molar-refractivity contribution is 7.98. The first-order chi connectivity index (χ1) is 22.8. The van der Waals surface area contributed by atoms with Gasteiger partial charge in [0.25, 0.3) is 10.0 Å². The molecule has 10 heteroatoms. The number of para-hydroxylation sites is 2. The molecular weight excluding hydrogens is 643 g/mol. The van der Waals surface area contributed by atoms with Crippen molar-refractivity contribution < 1.29 is 22.7 Å². The average Bonchev–Trinajstić information content (AvgIpc) is 3.06. The summed E-state index contributed by atoms with van der Waals surface area (Å²) in [5.41, 5.74) is 2.33. The van der Waals surface area contributed by atoms with Crippen LogP contribution in [0.1, 0.15) is 44.4 Å². The largest absolute Gasteiger partial charge is 0.492 e. The van der Waals surface area contributed by atoms with E-state index in [0.29, 0.717) is 12.4 Å². The van der Waals surface area contributed by atoms with E-state index in [0.717, 1.165) is 25.9 Å². The molecule has 4 aromatic rings. The van der Waals surface area contributed by atoms with Gasteiger partial charge in [-0.3, -0.25) is 13.9 Å². The van der Waals surface area contributed by atoms with Crippen molar-refractivity contribution >= 4 is 39.3 Å². The molecular formula is C38H45N3O5S2. The van der Waals surface area contributed by atoms with Gasteiger partial charge in [0, 0.05) is 23.4 Å². The standard InChI is InChI=1S/C38H45N3O5S2/c1-7-46-35-20-14-13-19-33(35)41(48(44,45)32-23-21-31(47-6)22-24-32)27-36(42)40(26-30-18-12-11-15-28(30)2)34(37(43)39-38(3,4)5)25-29-16-9-8-10-17-29/h8-24,34H,7,25-27H2,1-6H3,(H,39,43). The predicted molar refractivity (Wildman–Crippen MR) is 194 cm³/mol. The third-order valence-corrected chi connectivity index (χ3v) is 10.2. The Balaban J connectivity index is 1.86. The fourth-order valence-corrected chi connectivity index (χ4v) is 7.14. The first kappa shape index (κ1) is 36.6. The van der Waals surface area contributed by atoms with Crippen LogP contribution in [0.25, 0.3) is 0 Å². The van der Waals surface area contributed by atoms with Gasteiger partial charge in [0.05, 0.1) is 17.2 Å². The zero-order valence-electron chi connectivity index (χ0n) is 28.5. The minimum atomic E-state index is -4.27. The second-order valence-corrected chi connectivity index (χ2v) is 15.2. The lowest BCUT2D eigenvalue weighted by Gasteiger charge is -2.35. The molecule has 0 bridgehead atoms. The smallest absolute Gasteiger partial charge is 0.264 e. The lowest BCUT2D eigenvalue weighted by Crippen LogP contribution is -2.56. The van der Waals surface area contributed by atoms with Gasteiger partial charge in [-0.15, -0.1) is 11.8 Å².